The van der Waals surface area contributed by atoms with Crippen LogP contribution in [-0.4, -0.2) is 57.1 Å². The zero-order valence-corrected chi connectivity index (χ0v) is 22.3. The SMILES string of the molecule is CC[C@@H](C)NC(=O)[C@@H](C)N(Cc1ccccc1F)C(=O)CCCN(c1ccccc1OC)S(C)(=O)=O. The highest BCUT2D eigenvalue weighted by Gasteiger charge is 2.28. The molecule has 0 bridgehead atoms. The van der Waals surface area contributed by atoms with E-state index in [1.54, 1.807) is 49.4 Å². The smallest absolute Gasteiger partial charge is 0.242 e. The molecule has 8 nitrogen and oxygen atoms in total. The summed E-state index contributed by atoms with van der Waals surface area (Å²) in [6.07, 6.45) is 1.98. The van der Waals surface area contributed by atoms with Gasteiger partial charge in [0.2, 0.25) is 21.8 Å². The largest absolute Gasteiger partial charge is 0.495 e. The molecule has 0 fully saturated rings. The Morgan fingerprint density at radius 3 is 2.33 bits per heavy atom. The fourth-order valence-electron chi connectivity index (χ4n) is 3.68. The van der Waals surface area contributed by atoms with Crippen LogP contribution in [0.1, 0.15) is 45.6 Å². The zero-order chi connectivity index (χ0) is 26.9. The second kappa shape index (κ2) is 13.2. The predicted molar refractivity (Wildman–Crippen MR) is 139 cm³/mol. The lowest BCUT2D eigenvalue weighted by Gasteiger charge is -2.30. The van der Waals surface area contributed by atoms with Crippen LogP contribution in [0.15, 0.2) is 48.5 Å². The van der Waals surface area contributed by atoms with Gasteiger partial charge in [-0.25, -0.2) is 12.8 Å². The second-order valence-corrected chi connectivity index (χ2v) is 10.6. The highest BCUT2D eigenvalue weighted by Crippen LogP contribution is 2.29. The van der Waals surface area contributed by atoms with Crippen molar-refractivity contribution >= 4 is 27.5 Å². The summed E-state index contributed by atoms with van der Waals surface area (Å²) >= 11 is 0. The van der Waals surface area contributed by atoms with Gasteiger partial charge in [0, 0.05) is 31.1 Å². The van der Waals surface area contributed by atoms with Crippen molar-refractivity contribution in [3.8, 4) is 5.75 Å². The van der Waals surface area contributed by atoms with Crippen LogP contribution in [-0.2, 0) is 26.2 Å². The summed E-state index contributed by atoms with van der Waals surface area (Å²) < 4.78 is 45.9. The number of carbonyl (C=O) groups is 2. The van der Waals surface area contributed by atoms with Crippen molar-refractivity contribution in [2.24, 2.45) is 0 Å². The van der Waals surface area contributed by atoms with Gasteiger partial charge in [0.25, 0.3) is 0 Å². The van der Waals surface area contributed by atoms with Crippen LogP contribution in [0.5, 0.6) is 5.75 Å². The number of methoxy groups -OCH3 is 1. The van der Waals surface area contributed by atoms with Gasteiger partial charge >= 0.3 is 0 Å². The monoisotopic (exact) mass is 521 g/mol. The molecule has 36 heavy (non-hydrogen) atoms. The standard InChI is InChI=1S/C26H36FN3O5S/c1-6-19(2)28-26(32)20(3)29(18-21-12-7-8-13-22(21)27)25(31)16-11-17-30(36(5,33)34)23-14-9-10-15-24(23)35-4/h7-10,12-15,19-20H,6,11,16-18H2,1-5H3,(H,28,32)/t19-,20-/m1/s1. The Labute approximate surface area is 213 Å². The van der Waals surface area contributed by atoms with E-state index in [2.05, 4.69) is 5.32 Å². The molecule has 0 spiro atoms. The van der Waals surface area contributed by atoms with Crippen LogP contribution < -0.4 is 14.4 Å². The number of anilines is 1. The number of para-hydroxylation sites is 2. The molecular formula is C26H36FN3O5S. The number of rotatable bonds is 13. The summed E-state index contributed by atoms with van der Waals surface area (Å²) in [5, 5.41) is 2.87. The van der Waals surface area contributed by atoms with E-state index in [1.165, 1.54) is 22.4 Å². The molecule has 2 aromatic rings. The quantitative estimate of drug-likeness (QED) is 0.434. The van der Waals surface area contributed by atoms with Gasteiger partial charge in [-0.2, -0.15) is 0 Å². The fourth-order valence-corrected chi connectivity index (χ4v) is 4.65. The van der Waals surface area contributed by atoms with E-state index in [4.69, 9.17) is 4.74 Å². The summed E-state index contributed by atoms with van der Waals surface area (Å²) in [5.74, 6) is -0.783. The lowest BCUT2D eigenvalue weighted by atomic mass is 10.1. The molecule has 0 unspecified atom stereocenters. The van der Waals surface area contributed by atoms with Crippen LogP contribution in [0.4, 0.5) is 10.1 Å². The van der Waals surface area contributed by atoms with E-state index < -0.39 is 21.9 Å². The van der Waals surface area contributed by atoms with Gasteiger partial charge in [-0.15, -0.1) is 0 Å². The van der Waals surface area contributed by atoms with Crippen molar-refractivity contribution < 1.29 is 27.1 Å². The van der Waals surface area contributed by atoms with Crippen LogP contribution in [0.25, 0.3) is 0 Å². The zero-order valence-electron chi connectivity index (χ0n) is 21.5. The summed E-state index contributed by atoms with van der Waals surface area (Å²) in [7, 11) is -2.20. The summed E-state index contributed by atoms with van der Waals surface area (Å²) in [6.45, 7) is 5.36. The molecule has 2 atom stereocenters. The van der Waals surface area contributed by atoms with Crippen molar-refractivity contribution in [1.29, 1.82) is 0 Å². The van der Waals surface area contributed by atoms with E-state index in [0.29, 0.717) is 17.0 Å². The van der Waals surface area contributed by atoms with Gasteiger partial charge in [0.05, 0.1) is 19.1 Å². The van der Waals surface area contributed by atoms with Crippen molar-refractivity contribution in [3.05, 3.63) is 59.9 Å². The highest BCUT2D eigenvalue weighted by molar-refractivity contribution is 7.92. The Hall–Kier alpha value is -3.14. The van der Waals surface area contributed by atoms with Crippen LogP contribution in [0.2, 0.25) is 0 Å². The van der Waals surface area contributed by atoms with E-state index in [0.717, 1.165) is 12.7 Å². The third-order valence-electron chi connectivity index (χ3n) is 5.97. The molecule has 198 valence electrons. The predicted octanol–water partition coefficient (Wildman–Crippen LogP) is 3.71. The first-order valence-electron chi connectivity index (χ1n) is 11.9. The molecule has 2 amide bonds. The molecular weight excluding hydrogens is 485 g/mol. The topological polar surface area (TPSA) is 96.0 Å². The van der Waals surface area contributed by atoms with Crippen molar-refractivity contribution in [3.63, 3.8) is 0 Å². The van der Waals surface area contributed by atoms with Crippen molar-refractivity contribution in [2.45, 2.75) is 58.7 Å². The number of amides is 2. The first kappa shape index (κ1) is 29.1. The van der Waals surface area contributed by atoms with Gasteiger partial charge in [0.1, 0.15) is 17.6 Å². The number of hydrogen-bond donors (Lipinski definition) is 1. The molecule has 0 radical (unpaired) electrons. The Morgan fingerprint density at radius 1 is 1.08 bits per heavy atom. The van der Waals surface area contributed by atoms with Crippen LogP contribution in [0, 0.1) is 5.82 Å². The summed E-state index contributed by atoms with van der Waals surface area (Å²) in [4.78, 5) is 27.4. The van der Waals surface area contributed by atoms with Crippen molar-refractivity contribution in [1.82, 2.24) is 10.2 Å². The minimum atomic E-state index is -3.65. The third kappa shape index (κ3) is 7.94. The van der Waals surface area contributed by atoms with Gasteiger partial charge in [-0.1, -0.05) is 37.3 Å². The van der Waals surface area contributed by atoms with Gasteiger partial charge < -0.3 is 15.0 Å². The molecule has 0 aliphatic heterocycles. The lowest BCUT2D eigenvalue weighted by Crippen LogP contribution is -2.49. The first-order chi connectivity index (χ1) is 17.0. The van der Waals surface area contributed by atoms with E-state index in [-0.39, 0.29) is 43.8 Å². The molecule has 10 heteroatoms. The minimum absolute atomic E-state index is 0.0312. The number of ether oxygens (including phenoxy) is 1. The number of halogens is 1. The first-order valence-corrected chi connectivity index (χ1v) is 13.8. The molecule has 0 aromatic heterocycles. The molecule has 0 saturated carbocycles. The number of nitrogens with one attached hydrogen (secondary N) is 1. The molecule has 0 saturated heterocycles. The number of nitrogens with zero attached hydrogens (tertiary/aromatic N) is 2. The molecule has 0 aliphatic rings. The number of sulfonamides is 1. The fraction of sp³-hybridized carbons (Fsp3) is 0.462. The number of carbonyl (C=O) groups excluding carboxylic acids is 2. The summed E-state index contributed by atoms with van der Waals surface area (Å²) in [5.41, 5.74) is 0.667. The number of hydrogen-bond acceptors (Lipinski definition) is 5. The Morgan fingerprint density at radius 2 is 1.72 bits per heavy atom. The summed E-state index contributed by atoms with van der Waals surface area (Å²) in [6, 6.07) is 11.9. The molecule has 0 aliphatic carbocycles. The van der Waals surface area contributed by atoms with Crippen LogP contribution >= 0.6 is 0 Å². The van der Waals surface area contributed by atoms with E-state index >= 15 is 0 Å². The maximum atomic E-state index is 14.4. The van der Waals surface area contributed by atoms with E-state index in [1.807, 2.05) is 13.8 Å². The molecule has 1 N–H and O–H groups in total. The van der Waals surface area contributed by atoms with Crippen molar-refractivity contribution in [2.75, 3.05) is 24.2 Å². The maximum Gasteiger partial charge on any atom is 0.242 e. The van der Waals surface area contributed by atoms with Gasteiger partial charge in [0.15, 0.2) is 0 Å². The van der Waals surface area contributed by atoms with Crippen LogP contribution in [0.3, 0.4) is 0 Å². The Balaban J connectivity index is 2.21. The van der Waals surface area contributed by atoms with Gasteiger partial charge in [-0.3, -0.25) is 13.9 Å². The molecule has 2 aromatic carbocycles. The molecule has 2 rings (SSSR count). The minimum Gasteiger partial charge on any atom is -0.495 e. The molecule has 0 heterocycles. The van der Waals surface area contributed by atoms with E-state index in [9.17, 15) is 22.4 Å². The Kier molecular flexibility index (Phi) is 10.7. The average molecular weight is 522 g/mol. The number of benzene rings is 2. The maximum absolute atomic E-state index is 14.4. The highest BCUT2D eigenvalue weighted by atomic mass is 32.2. The second-order valence-electron chi connectivity index (χ2n) is 8.72. The average Bonchev–Trinajstić information content (AvgIpc) is 2.84. The Bertz CT molecular complexity index is 1140. The van der Waals surface area contributed by atoms with Gasteiger partial charge in [-0.05, 0) is 44.9 Å². The normalized spacial score (nSPS) is 12.9. The third-order valence-corrected chi connectivity index (χ3v) is 7.15. The lowest BCUT2D eigenvalue weighted by molar-refractivity contribution is -0.141.